The second kappa shape index (κ2) is 11.0. The molecule has 1 aromatic carbocycles. The van der Waals surface area contributed by atoms with Crippen LogP contribution in [0.3, 0.4) is 0 Å². The van der Waals surface area contributed by atoms with E-state index in [-0.39, 0.29) is 55.0 Å². The number of hydrogen-bond acceptors (Lipinski definition) is 5. The first-order valence-electron chi connectivity index (χ1n) is 12.8. The van der Waals surface area contributed by atoms with Crippen molar-refractivity contribution in [3.63, 3.8) is 0 Å². The zero-order valence-electron chi connectivity index (χ0n) is 21.3. The zero-order valence-corrected chi connectivity index (χ0v) is 21.3. The van der Waals surface area contributed by atoms with E-state index in [1.165, 1.54) is 28.0 Å². The van der Waals surface area contributed by atoms with Crippen molar-refractivity contribution in [1.29, 1.82) is 0 Å². The Balaban J connectivity index is 1.47. The summed E-state index contributed by atoms with van der Waals surface area (Å²) in [6.07, 6.45) is -3.64. The van der Waals surface area contributed by atoms with Gasteiger partial charge >= 0.3 is 18.2 Å². The van der Waals surface area contributed by atoms with Gasteiger partial charge in [-0.1, -0.05) is 18.2 Å². The van der Waals surface area contributed by atoms with Crippen LogP contribution in [0.5, 0.6) is 0 Å². The van der Waals surface area contributed by atoms with E-state index < -0.39 is 29.7 Å². The van der Waals surface area contributed by atoms with Gasteiger partial charge < -0.3 is 19.9 Å². The first-order chi connectivity index (χ1) is 18.1. The van der Waals surface area contributed by atoms with Gasteiger partial charge in [-0.25, -0.2) is 4.79 Å². The number of halogens is 3. The summed E-state index contributed by atoms with van der Waals surface area (Å²) in [5.74, 6) is -1.18. The Morgan fingerprint density at radius 3 is 2.42 bits per heavy atom. The largest absolute Gasteiger partial charge is 0.466 e. The molecule has 206 valence electrons. The number of benzene rings is 1. The standard InChI is InChI=1S/C26H31F3N4O5/c1-3-33-19-15-32(14-11-20(34)31-12-9-16(10-13-31)24(36)38-4-2)23(35)21(19)22(30-25(33)37)17-7-5-6-8-18(17)26(27,28)29/h5-8,16,22H,3-4,9-15H2,1-2H3,(H,30,37)/t22-/m0/s1. The number of nitrogens with one attached hydrogen (secondary N) is 1. The van der Waals surface area contributed by atoms with E-state index in [9.17, 15) is 32.3 Å². The molecule has 4 amide bonds. The molecule has 0 aliphatic carbocycles. The monoisotopic (exact) mass is 536 g/mol. The number of amides is 4. The number of ether oxygens (including phenoxy) is 1. The van der Waals surface area contributed by atoms with E-state index in [0.717, 1.165) is 6.07 Å². The number of carbonyl (C=O) groups is 4. The minimum Gasteiger partial charge on any atom is -0.466 e. The molecule has 4 rings (SSSR count). The van der Waals surface area contributed by atoms with Crippen molar-refractivity contribution in [3.05, 3.63) is 46.7 Å². The van der Waals surface area contributed by atoms with Gasteiger partial charge in [0.25, 0.3) is 5.91 Å². The van der Waals surface area contributed by atoms with Crippen molar-refractivity contribution in [2.24, 2.45) is 5.92 Å². The molecule has 1 fully saturated rings. The number of rotatable bonds is 7. The lowest BCUT2D eigenvalue weighted by Crippen LogP contribution is -2.47. The van der Waals surface area contributed by atoms with Crippen molar-refractivity contribution in [3.8, 4) is 0 Å². The van der Waals surface area contributed by atoms with E-state index >= 15 is 0 Å². The van der Waals surface area contributed by atoms with Gasteiger partial charge in [0.15, 0.2) is 0 Å². The van der Waals surface area contributed by atoms with Gasteiger partial charge in [-0.15, -0.1) is 0 Å². The fourth-order valence-electron chi connectivity index (χ4n) is 5.32. The molecule has 12 heteroatoms. The molecule has 0 bridgehead atoms. The maximum absolute atomic E-state index is 13.8. The lowest BCUT2D eigenvalue weighted by atomic mass is 9.91. The van der Waals surface area contributed by atoms with Crippen molar-refractivity contribution < 1.29 is 37.1 Å². The number of likely N-dealkylation sites (N-methyl/N-ethyl adjacent to an activating group) is 1. The molecule has 9 nitrogen and oxygen atoms in total. The predicted molar refractivity (Wildman–Crippen MR) is 129 cm³/mol. The van der Waals surface area contributed by atoms with Gasteiger partial charge in [0, 0.05) is 32.6 Å². The molecule has 1 aromatic rings. The summed E-state index contributed by atoms with van der Waals surface area (Å²) < 4.78 is 46.3. The molecule has 0 radical (unpaired) electrons. The maximum Gasteiger partial charge on any atom is 0.416 e. The van der Waals surface area contributed by atoms with Crippen molar-refractivity contribution in [2.45, 2.75) is 45.3 Å². The van der Waals surface area contributed by atoms with Crippen LogP contribution in [0.15, 0.2) is 35.5 Å². The number of alkyl halides is 3. The molecule has 1 saturated heterocycles. The van der Waals surface area contributed by atoms with E-state index in [1.54, 1.807) is 18.7 Å². The Morgan fingerprint density at radius 1 is 1.11 bits per heavy atom. The van der Waals surface area contributed by atoms with Gasteiger partial charge in [0.05, 0.1) is 41.9 Å². The second-order valence-electron chi connectivity index (χ2n) is 9.46. The molecule has 0 saturated carbocycles. The van der Waals surface area contributed by atoms with Crippen molar-refractivity contribution in [2.75, 3.05) is 39.3 Å². The normalized spacial score (nSPS) is 20.6. The first kappa shape index (κ1) is 27.5. The van der Waals surface area contributed by atoms with Crippen LogP contribution < -0.4 is 5.32 Å². The van der Waals surface area contributed by atoms with Crippen molar-refractivity contribution >= 4 is 23.8 Å². The molecule has 0 unspecified atom stereocenters. The van der Waals surface area contributed by atoms with Crippen molar-refractivity contribution in [1.82, 2.24) is 20.0 Å². The predicted octanol–water partition coefficient (Wildman–Crippen LogP) is 3.08. The highest BCUT2D eigenvalue weighted by Crippen LogP contribution is 2.41. The van der Waals surface area contributed by atoms with E-state index in [4.69, 9.17) is 4.74 Å². The van der Waals surface area contributed by atoms with Crippen LogP contribution in [0.2, 0.25) is 0 Å². The number of carbonyl (C=O) groups excluding carboxylic acids is 4. The van der Waals surface area contributed by atoms with Gasteiger partial charge in [-0.3, -0.25) is 19.3 Å². The molecule has 0 spiro atoms. The Kier molecular flexibility index (Phi) is 7.98. The molecule has 1 atom stereocenters. The van der Waals surface area contributed by atoms with Gasteiger partial charge in [0.1, 0.15) is 0 Å². The second-order valence-corrected chi connectivity index (χ2v) is 9.46. The summed E-state index contributed by atoms with van der Waals surface area (Å²) in [4.78, 5) is 55.4. The number of likely N-dealkylation sites (tertiary alicyclic amines) is 1. The number of urea groups is 1. The Hall–Kier alpha value is -3.57. The molecule has 3 heterocycles. The van der Waals surface area contributed by atoms with E-state index in [2.05, 4.69) is 5.32 Å². The first-order valence-corrected chi connectivity index (χ1v) is 12.8. The Bertz CT molecular complexity index is 1140. The Labute approximate surface area is 218 Å². The highest BCUT2D eigenvalue weighted by Gasteiger charge is 2.46. The third-order valence-electron chi connectivity index (χ3n) is 7.25. The minimum absolute atomic E-state index is 0.0215. The Morgan fingerprint density at radius 2 is 1.79 bits per heavy atom. The van der Waals surface area contributed by atoms with Crippen LogP contribution >= 0.6 is 0 Å². The summed E-state index contributed by atoms with van der Waals surface area (Å²) >= 11 is 0. The number of esters is 1. The molecule has 3 aliphatic rings. The third kappa shape index (κ3) is 5.34. The van der Waals surface area contributed by atoms with Crippen LogP contribution in [-0.2, 0) is 25.3 Å². The molecule has 0 aromatic heterocycles. The molecule has 38 heavy (non-hydrogen) atoms. The smallest absolute Gasteiger partial charge is 0.416 e. The van der Waals surface area contributed by atoms with Crippen LogP contribution in [0, 0.1) is 5.92 Å². The van der Waals surface area contributed by atoms with Crippen LogP contribution in [0.1, 0.15) is 50.3 Å². The maximum atomic E-state index is 13.8. The van der Waals surface area contributed by atoms with Crippen LogP contribution in [-0.4, -0.2) is 77.8 Å². The van der Waals surface area contributed by atoms with E-state index in [0.29, 0.717) is 38.2 Å². The zero-order chi connectivity index (χ0) is 27.6. The van der Waals surface area contributed by atoms with Crippen LogP contribution in [0.25, 0.3) is 0 Å². The lowest BCUT2D eigenvalue weighted by Gasteiger charge is -2.33. The third-order valence-corrected chi connectivity index (χ3v) is 7.25. The molecule has 3 aliphatic heterocycles. The average Bonchev–Trinajstić information content (AvgIpc) is 3.22. The number of hydrogen-bond donors (Lipinski definition) is 1. The molecular weight excluding hydrogens is 505 g/mol. The molecular formula is C26H31F3N4O5. The summed E-state index contributed by atoms with van der Waals surface area (Å²) in [5, 5.41) is 2.58. The van der Waals surface area contributed by atoms with Gasteiger partial charge in [-0.2, -0.15) is 13.2 Å². The van der Waals surface area contributed by atoms with Crippen LogP contribution in [0.4, 0.5) is 18.0 Å². The SMILES string of the molecule is CCOC(=O)C1CCN(C(=O)CCN2CC3=C(C2=O)[C@H](c2ccccc2C(F)(F)F)NC(=O)N3CC)CC1. The summed E-state index contributed by atoms with van der Waals surface area (Å²) in [6.45, 7) is 4.89. The summed E-state index contributed by atoms with van der Waals surface area (Å²) in [7, 11) is 0. The fraction of sp³-hybridized carbons (Fsp3) is 0.538. The highest BCUT2D eigenvalue weighted by atomic mass is 19.4. The fourth-order valence-corrected chi connectivity index (χ4v) is 5.32. The quantitative estimate of drug-likeness (QED) is 0.540. The average molecular weight is 537 g/mol. The van der Waals surface area contributed by atoms with E-state index in [1.807, 2.05) is 0 Å². The topological polar surface area (TPSA) is 99.3 Å². The van der Waals surface area contributed by atoms with Gasteiger partial charge in [-0.05, 0) is 38.3 Å². The number of piperidine rings is 1. The minimum atomic E-state index is -4.67. The lowest BCUT2D eigenvalue weighted by molar-refractivity contribution is -0.151. The highest BCUT2D eigenvalue weighted by molar-refractivity contribution is 6.01. The van der Waals surface area contributed by atoms with Gasteiger partial charge in [0.2, 0.25) is 5.91 Å². The summed E-state index contributed by atoms with van der Waals surface area (Å²) in [5.41, 5.74) is -0.682. The summed E-state index contributed by atoms with van der Waals surface area (Å²) in [6, 6.07) is 3.05. The number of nitrogens with zero attached hydrogens (tertiary/aromatic N) is 3. The molecule has 1 N–H and O–H groups in total.